The number of benzene rings is 2. The molecule has 1 aliphatic rings. The number of hydrogen-bond donors (Lipinski definition) is 1. The Bertz CT molecular complexity index is 968. The van der Waals surface area contributed by atoms with Gasteiger partial charge in [-0.05, 0) is 0 Å². The van der Waals surface area contributed by atoms with Gasteiger partial charge >= 0.3 is 206 Å². The van der Waals surface area contributed by atoms with E-state index in [4.69, 9.17) is 0 Å². The number of nitrogens with one attached hydrogen (secondary N) is 1. The fourth-order valence-corrected chi connectivity index (χ4v) is 4.60. The fraction of sp³-hybridized carbons (Fsp3) is 0.433. The van der Waals surface area contributed by atoms with Gasteiger partial charge in [0.15, 0.2) is 0 Å². The number of hydrogen-bond acceptors (Lipinski definition) is 2. The standard InChI is InChI=1S/C28H35N2.C2H6.Pb/c1-27(2,3)23-15-22(16-24(17-23)28(4,5)6)26-20(18-29)11-10-12-21(26)19-30-25-13-8-7-9-14-25;1-2;/h7-9,13-19,30H,10-12H2,1-6H3;1-2H3;/q-1;;+1/b21-19+;;. The first-order valence-electron chi connectivity index (χ1n) is 12.2. The van der Waals surface area contributed by atoms with Gasteiger partial charge in [-0.3, -0.25) is 0 Å². The zero-order valence-corrected chi connectivity index (χ0v) is 25.7. The Morgan fingerprint density at radius 3 is 1.94 bits per heavy atom. The van der Waals surface area contributed by atoms with E-state index in [1.807, 2.05) is 13.8 Å². The van der Waals surface area contributed by atoms with E-state index in [2.05, 4.69) is 111 Å². The van der Waals surface area contributed by atoms with Crippen molar-refractivity contribution >= 4 is 43.5 Å². The molecule has 3 heteroatoms. The first-order chi connectivity index (χ1) is 15.6. The zero-order valence-electron chi connectivity index (χ0n) is 21.8. The summed E-state index contributed by atoms with van der Waals surface area (Å²) in [7, 11) is 0. The maximum absolute atomic E-state index is 4.54. The first-order valence-corrected chi connectivity index (χ1v) is 13.9. The molecule has 0 bridgehead atoms. The van der Waals surface area contributed by atoms with Gasteiger partial charge < -0.3 is 0 Å². The third-order valence-electron chi connectivity index (χ3n) is 5.90. The summed E-state index contributed by atoms with van der Waals surface area (Å²) >= 11 is 0.834. The van der Waals surface area contributed by atoms with Gasteiger partial charge in [-0.1, -0.05) is 13.8 Å². The van der Waals surface area contributed by atoms with E-state index in [9.17, 15) is 0 Å². The average molecular weight is 637 g/mol. The number of allylic oxidation sites excluding steroid dienone is 3. The van der Waals surface area contributed by atoms with Crippen LogP contribution in [0.4, 0.5) is 5.69 Å². The van der Waals surface area contributed by atoms with E-state index in [-0.39, 0.29) is 10.8 Å². The van der Waals surface area contributed by atoms with Crippen LogP contribution in [0.3, 0.4) is 0 Å². The molecule has 0 spiro atoms. The Labute approximate surface area is 218 Å². The molecule has 0 aromatic heterocycles. The van der Waals surface area contributed by atoms with Crippen molar-refractivity contribution < 1.29 is 0 Å². The van der Waals surface area contributed by atoms with Crippen LogP contribution in [0.1, 0.15) is 91.3 Å². The molecule has 2 aromatic carbocycles. The first kappa shape index (κ1) is 27.6. The second-order valence-corrected chi connectivity index (χ2v) is 11.5. The summed E-state index contributed by atoms with van der Waals surface area (Å²) < 4.78 is 4.54. The summed E-state index contributed by atoms with van der Waals surface area (Å²) in [5.41, 5.74) is 9.55. The van der Waals surface area contributed by atoms with Crippen molar-refractivity contribution in [3.05, 3.63) is 82.6 Å². The Morgan fingerprint density at radius 1 is 0.848 bits per heavy atom. The minimum absolute atomic E-state index is 0.101. The summed E-state index contributed by atoms with van der Waals surface area (Å²) in [6.45, 7) is 17.8. The zero-order chi connectivity index (χ0) is 24.6. The third-order valence-corrected chi connectivity index (χ3v) is 6.40. The molecule has 1 aliphatic carbocycles. The molecule has 0 atom stereocenters. The van der Waals surface area contributed by atoms with Crippen LogP contribution in [0.2, 0.25) is 0 Å². The Hall–Kier alpha value is -1.69. The van der Waals surface area contributed by atoms with E-state index in [1.165, 1.54) is 39.8 Å². The van der Waals surface area contributed by atoms with Crippen molar-refractivity contribution in [2.45, 2.75) is 85.5 Å². The molecule has 2 nitrogen and oxygen atoms in total. The Kier molecular flexibility index (Phi) is 10.1. The van der Waals surface area contributed by atoms with Crippen molar-refractivity contribution in [2.24, 2.45) is 2.80 Å². The number of para-hydroxylation sites is 1. The van der Waals surface area contributed by atoms with Gasteiger partial charge in [0.05, 0.1) is 0 Å². The van der Waals surface area contributed by atoms with Crippen LogP contribution in [0.25, 0.3) is 5.57 Å². The Morgan fingerprint density at radius 2 is 1.42 bits per heavy atom. The van der Waals surface area contributed by atoms with Crippen molar-refractivity contribution in [3.8, 4) is 0 Å². The van der Waals surface area contributed by atoms with Gasteiger partial charge in [-0.25, -0.2) is 0 Å². The van der Waals surface area contributed by atoms with Crippen LogP contribution in [0.5, 0.6) is 0 Å². The van der Waals surface area contributed by atoms with Gasteiger partial charge in [0.25, 0.3) is 0 Å². The number of nitrogens with zero attached hydrogens (tertiary/aromatic N) is 1. The number of anilines is 1. The van der Waals surface area contributed by atoms with E-state index >= 15 is 0 Å². The minimum atomic E-state index is 0.101. The van der Waals surface area contributed by atoms with Crippen LogP contribution in [-0.4, -0.2) is 32.3 Å². The molecule has 0 amide bonds. The molecule has 0 aliphatic heterocycles. The molecular formula is C30H41N2Pb. The molecule has 0 saturated heterocycles. The third kappa shape index (κ3) is 7.66. The van der Waals surface area contributed by atoms with Crippen LogP contribution in [-0.2, 0) is 10.8 Å². The SMILES string of the molecule is CC.CC(C)(C)c1cc(C2=C(/C=[N]/[Pb])CCC/C2=C\Nc2ccccc2)cc(C(C)(C)C)c1. The molecule has 0 heterocycles. The van der Waals surface area contributed by atoms with E-state index in [1.54, 1.807) is 0 Å². The van der Waals surface area contributed by atoms with Crippen molar-refractivity contribution in [3.63, 3.8) is 0 Å². The molecule has 0 fully saturated rings. The van der Waals surface area contributed by atoms with Gasteiger partial charge in [-0.2, -0.15) is 0 Å². The molecule has 1 N–H and O–H groups in total. The van der Waals surface area contributed by atoms with Crippen molar-refractivity contribution in [1.82, 2.24) is 0 Å². The molecule has 33 heavy (non-hydrogen) atoms. The summed E-state index contributed by atoms with van der Waals surface area (Å²) in [6, 6.07) is 17.6. The predicted molar refractivity (Wildman–Crippen MR) is 148 cm³/mol. The molecule has 3 rings (SSSR count). The van der Waals surface area contributed by atoms with Gasteiger partial charge in [0.2, 0.25) is 0 Å². The monoisotopic (exact) mass is 637 g/mol. The van der Waals surface area contributed by atoms with E-state index in [0.29, 0.717) is 0 Å². The van der Waals surface area contributed by atoms with Crippen LogP contribution in [0.15, 0.2) is 68.7 Å². The topological polar surface area (TPSA) is 24.4 Å². The second kappa shape index (κ2) is 12.1. The van der Waals surface area contributed by atoms with Gasteiger partial charge in [0.1, 0.15) is 0 Å². The van der Waals surface area contributed by atoms with Crippen molar-refractivity contribution in [2.75, 3.05) is 5.32 Å². The van der Waals surface area contributed by atoms with Gasteiger partial charge in [-0.15, -0.1) is 0 Å². The second-order valence-electron chi connectivity index (χ2n) is 10.5. The fourth-order valence-electron chi connectivity index (χ4n) is 3.99. The summed E-state index contributed by atoms with van der Waals surface area (Å²) in [4.78, 5) is 0. The molecule has 0 unspecified atom stereocenters. The van der Waals surface area contributed by atoms with Crippen LogP contribution >= 0.6 is 0 Å². The predicted octanol–water partition coefficient (Wildman–Crippen LogP) is 8.40. The maximum atomic E-state index is 4.54. The van der Waals surface area contributed by atoms with E-state index in [0.717, 1.165) is 44.6 Å². The summed E-state index contributed by atoms with van der Waals surface area (Å²) in [5.74, 6) is 0. The molecular weight excluding hydrogens is 596 g/mol. The van der Waals surface area contributed by atoms with Crippen LogP contribution < -0.4 is 5.32 Å². The quantitative estimate of drug-likeness (QED) is 0.265. The molecule has 175 valence electrons. The molecule has 2 aromatic rings. The summed E-state index contributed by atoms with van der Waals surface area (Å²) in [5, 5.41) is 3.53. The van der Waals surface area contributed by atoms with Crippen LogP contribution in [0, 0.1) is 0 Å². The summed E-state index contributed by atoms with van der Waals surface area (Å²) in [6.07, 6.45) is 7.68. The normalized spacial score (nSPS) is 16.1. The molecule has 0 saturated carbocycles. The average Bonchev–Trinajstić information content (AvgIpc) is 2.78. The molecule has 3 radical (unpaired) electrons. The van der Waals surface area contributed by atoms with Crippen molar-refractivity contribution in [1.29, 1.82) is 0 Å². The Balaban J connectivity index is 0.00000187. The van der Waals surface area contributed by atoms with Gasteiger partial charge in [0, 0.05) is 0 Å². The van der Waals surface area contributed by atoms with E-state index < -0.39 is 0 Å². The number of rotatable bonds is 4.